The fraction of sp³-hybridized carbons (Fsp3) is 0.100. The molecule has 72 valence electrons. The molecule has 2 rings (SSSR count). The van der Waals surface area contributed by atoms with E-state index in [2.05, 4.69) is 17.6 Å². The van der Waals surface area contributed by atoms with Crippen LogP contribution in [-0.4, -0.2) is 10.7 Å². The van der Waals surface area contributed by atoms with E-state index in [0.29, 0.717) is 11.3 Å². The summed E-state index contributed by atoms with van der Waals surface area (Å²) < 4.78 is 4.92. The maximum Gasteiger partial charge on any atom is 0.417 e. The van der Waals surface area contributed by atoms with E-state index in [9.17, 15) is 4.79 Å². The maximum absolute atomic E-state index is 10.9. The number of aromatic nitrogens is 1. The third-order valence-electron chi connectivity index (χ3n) is 1.86. The number of benzene rings is 1. The Morgan fingerprint density at radius 1 is 1.50 bits per heavy atom. The summed E-state index contributed by atoms with van der Waals surface area (Å²) in [5, 5.41) is 0. The van der Waals surface area contributed by atoms with E-state index in [1.54, 1.807) is 0 Å². The smallest absolute Gasteiger partial charge is 0.408 e. The van der Waals surface area contributed by atoms with Gasteiger partial charge in [0.05, 0.1) is 5.52 Å². The number of nitrogens with one attached hydrogen (secondary N) is 1. The van der Waals surface area contributed by atoms with Gasteiger partial charge in [0.1, 0.15) is 0 Å². The van der Waals surface area contributed by atoms with E-state index < -0.39 is 5.76 Å². The zero-order chi connectivity index (χ0) is 9.97. The van der Waals surface area contributed by atoms with Crippen molar-refractivity contribution in [2.45, 2.75) is 0 Å². The first-order chi connectivity index (χ1) is 6.79. The lowest BCUT2D eigenvalue weighted by Gasteiger charge is -1.91. The van der Waals surface area contributed by atoms with Crippen molar-refractivity contribution < 1.29 is 4.42 Å². The molecular weight excluding hydrogens is 198 g/mol. The van der Waals surface area contributed by atoms with Crippen LogP contribution >= 0.6 is 12.6 Å². The third kappa shape index (κ3) is 1.75. The van der Waals surface area contributed by atoms with Crippen molar-refractivity contribution in [3.05, 3.63) is 40.4 Å². The molecule has 0 spiro atoms. The van der Waals surface area contributed by atoms with Gasteiger partial charge in [-0.25, -0.2) is 4.79 Å². The summed E-state index contributed by atoms with van der Waals surface area (Å²) in [7, 11) is 0. The van der Waals surface area contributed by atoms with Crippen molar-refractivity contribution in [2.24, 2.45) is 0 Å². The summed E-state index contributed by atoms with van der Waals surface area (Å²) in [5.74, 6) is 0.269. The van der Waals surface area contributed by atoms with Crippen LogP contribution in [0.1, 0.15) is 5.56 Å². The number of thiol groups is 1. The molecule has 0 unspecified atom stereocenters. The van der Waals surface area contributed by atoms with Gasteiger partial charge in [-0.3, -0.25) is 4.98 Å². The van der Waals surface area contributed by atoms with Gasteiger partial charge in [-0.05, 0) is 17.7 Å². The number of fused-ring (bicyclic) bond motifs is 1. The minimum Gasteiger partial charge on any atom is -0.408 e. The zero-order valence-electron chi connectivity index (χ0n) is 7.36. The largest absolute Gasteiger partial charge is 0.417 e. The molecule has 1 heterocycles. The number of aromatic amines is 1. The Morgan fingerprint density at radius 3 is 3.14 bits per heavy atom. The summed E-state index contributed by atoms with van der Waals surface area (Å²) in [5.41, 5.74) is 2.30. The van der Waals surface area contributed by atoms with Gasteiger partial charge in [-0.2, -0.15) is 12.6 Å². The Kier molecular flexibility index (Phi) is 2.45. The van der Waals surface area contributed by atoms with E-state index in [1.807, 2.05) is 30.4 Å². The fourth-order valence-electron chi connectivity index (χ4n) is 1.25. The summed E-state index contributed by atoms with van der Waals surface area (Å²) in [6.45, 7) is 0. The van der Waals surface area contributed by atoms with E-state index in [0.717, 1.165) is 11.1 Å². The first-order valence-electron chi connectivity index (χ1n) is 4.20. The molecule has 3 nitrogen and oxygen atoms in total. The van der Waals surface area contributed by atoms with Gasteiger partial charge in [0, 0.05) is 5.75 Å². The van der Waals surface area contributed by atoms with Crippen molar-refractivity contribution in [2.75, 3.05) is 5.75 Å². The molecule has 2 aromatic rings. The van der Waals surface area contributed by atoms with E-state index >= 15 is 0 Å². The van der Waals surface area contributed by atoms with Crippen LogP contribution in [0.3, 0.4) is 0 Å². The van der Waals surface area contributed by atoms with Crippen molar-refractivity contribution in [1.29, 1.82) is 0 Å². The third-order valence-corrected chi connectivity index (χ3v) is 2.07. The van der Waals surface area contributed by atoms with E-state index in [-0.39, 0.29) is 0 Å². The van der Waals surface area contributed by atoms with Crippen LogP contribution in [0.15, 0.2) is 33.5 Å². The molecule has 14 heavy (non-hydrogen) atoms. The Morgan fingerprint density at radius 2 is 2.36 bits per heavy atom. The number of H-pyrrole nitrogens is 1. The first kappa shape index (κ1) is 9.15. The molecule has 1 N–H and O–H groups in total. The molecule has 0 radical (unpaired) electrons. The summed E-state index contributed by atoms with van der Waals surface area (Å²) in [4.78, 5) is 13.4. The van der Waals surface area contributed by atoms with Crippen molar-refractivity contribution >= 4 is 29.8 Å². The number of oxazole rings is 1. The normalized spacial score (nSPS) is 11.5. The standard InChI is InChI=1S/C10H9NO2S/c12-10-11-8-4-3-7(2-1-5-14)6-9(8)13-10/h1-4,6,14H,5H2,(H,11,12). The number of rotatable bonds is 2. The Bertz CT molecular complexity index is 524. The molecule has 0 saturated heterocycles. The van der Waals surface area contributed by atoms with Crippen LogP contribution in [0.2, 0.25) is 0 Å². The highest BCUT2D eigenvalue weighted by Gasteiger charge is 1.99. The molecule has 4 heteroatoms. The monoisotopic (exact) mass is 207 g/mol. The van der Waals surface area contributed by atoms with Crippen LogP contribution in [0.5, 0.6) is 0 Å². The maximum atomic E-state index is 10.9. The molecule has 0 amide bonds. The second-order valence-electron chi connectivity index (χ2n) is 2.86. The average Bonchev–Trinajstić information content (AvgIpc) is 2.54. The molecular formula is C10H9NO2S. The second-order valence-corrected chi connectivity index (χ2v) is 3.22. The van der Waals surface area contributed by atoms with Crippen LogP contribution in [0.25, 0.3) is 17.2 Å². The topological polar surface area (TPSA) is 46.0 Å². The highest BCUT2D eigenvalue weighted by atomic mass is 32.1. The van der Waals surface area contributed by atoms with Gasteiger partial charge in [-0.1, -0.05) is 18.2 Å². The molecule has 1 aromatic heterocycles. The Hall–Kier alpha value is -1.42. The molecule has 0 aliphatic carbocycles. The van der Waals surface area contributed by atoms with Gasteiger partial charge in [-0.15, -0.1) is 0 Å². The molecule has 0 bridgehead atoms. The average molecular weight is 207 g/mol. The fourth-order valence-corrected chi connectivity index (χ4v) is 1.36. The van der Waals surface area contributed by atoms with Gasteiger partial charge in [0.2, 0.25) is 0 Å². The quantitative estimate of drug-likeness (QED) is 0.740. The SMILES string of the molecule is O=c1[nH]c2ccc(C=CCS)cc2o1. The molecule has 0 aliphatic heterocycles. The predicted octanol–water partition coefficient (Wildman–Crippen LogP) is 2.06. The van der Waals surface area contributed by atoms with Crippen LogP contribution in [0, 0.1) is 0 Å². The predicted molar refractivity (Wildman–Crippen MR) is 59.7 cm³/mol. The molecule has 0 saturated carbocycles. The minimum atomic E-state index is -0.421. The molecule has 0 atom stereocenters. The zero-order valence-corrected chi connectivity index (χ0v) is 8.25. The highest BCUT2D eigenvalue weighted by molar-refractivity contribution is 7.80. The van der Waals surface area contributed by atoms with Gasteiger partial charge in [0.15, 0.2) is 5.58 Å². The minimum absolute atomic E-state index is 0.421. The van der Waals surface area contributed by atoms with E-state index in [4.69, 9.17) is 4.42 Å². The van der Waals surface area contributed by atoms with E-state index in [1.165, 1.54) is 0 Å². The Balaban J connectivity index is 2.50. The van der Waals surface area contributed by atoms with Crippen molar-refractivity contribution in [3.8, 4) is 0 Å². The summed E-state index contributed by atoms with van der Waals surface area (Å²) >= 11 is 4.06. The number of hydrogen-bond donors (Lipinski definition) is 2. The van der Waals surface area contributed by atoms with Crippen LogP contribution < -0.4 is 5.76 Å². The summed E-state index contributed by atoms with van der Waals surface area (Å²) in [6.07, 6.45) is 3.86. The lowest BCUT2D eigenvalue weighted by atomic mass is 10.2. The van der Waals surface area contributed by atoms with Crippen molar-refractivity contribution in [1.82, 2.24) is 4.98 Å². The van der Waals surface area contributed by atoms with Crippen LogP contribution in [-0.2, 0) is 0 Å². The molecule has 0 fully saturated rings. The van der Waals surface area contributed by atoms with Gasteiger partial charge in [0.25, 0.3) is 0 Å². The summed E-state index contributed by atoms with van der Waals surface area (Å²) in [6, 6.07) is 5.54. The second kappa shape index (κ2) is 3.75. The van der Waals surface area contributed by atoms with Gasteiger partial charge >= 0.3 is 5.76 Å². The van der Waals surface area contributed by atoms with Crippen LogP contribution in [0.4, 0.5) is 0 Å². The molecule has 0 aliphatic rings. The highest BCUT2D eigenvalue weighted by Crippen LogP contribution is 2.13. The first-order valence-corrected chi connectivity index (χ1v) is 4.83. The molecule has 1 aromatic carbocycles. The van der Waals surface area contributed by atoms with Crippen molar-refractivity contribution in [3.63, 3.8) is 0 Å². The Labute approximate surface area is 85.8 Å². The van der Waals surface area contributed by atoms with Gasteiger partial charge < -0.3 is 4.42 Å². The number of hydrogen-bond acceptors (Lipinski definition) is 3. The lowest BCUT2D eigenvalue weighted by Crippen LogP contribution is -1.92. The lowest BCUT2D eigenvalue weighted by molar-refractivity contribution is 0.555.